The highest BCUT2D eigenvalue weighted by atomic mass is 16.3. The van der Waals surface area contributed by atoms with Crippen molar-refractivity contribution in [3.8, 4) is 17.0 Å². The number of rotatable bonds is 4. The lowest BCUT2D eigenvalue weighted by atomic mass is 10.1. The van der Waals surface area contributed by atoms with Crippen LogP contribution in [0.4, 0.5) is 0 Å². The molecular formula is C18H18N2O. The third-order valence-corrected chi connectivity index (χ3v) is 3.64. The fourth-order valence-electron chi connectivity index (χ4n) is 2.38. The minimum absolute atomic E-state index is 0.282. The molecule has 1 heterocycles. The third kappa shape index (κ3) is 3.14. The average Bonchev–Trinajstić information content (AvgIpc) is 2.96. The van der Waals surface area contributed by atoms with Gasteiger partial charge in [-0.3, -0.25) is 0 Å². The molecule has 1 aromatic heterocycles. The van der Waals surface area contributed by atoms with Gasteiger partial charge >= 0.3 is 0 Å². The van der Waals surface area contributed by atoms with Crippen molar-refractivity contribution >= 4 is 0 Å². The second kappa shape index (κ2) is 5.83. The van der Waals surface area contributed by atoms with Gasteiger partial charge in [0, 0.05) is 12.1 Å². The Morgan fingerprint density at radius 2 is 1.71 bits per heavy atom. The smallest absolute Gasteiger partial charge is 0.115 e. The van der Waals surface area contributed by atoms with Gasteiger partial charge in [0.1, 0.15) is 5.75 Å². The molecule has 0 fully saturated rings. The molecule has 0 radical (unpaired) electrons. The van der Waals surface area contributed by atoms with Crippen molar-refractivity contribution in [2.75, 3.05) is 0 Å². The van der Waals surface area contributed by atoms with E-state index in [-0.39, 0.29) is 5.75 Å². The predicted molar refractivity (Wildman–Crippen MR) is 84.2 cm³/mol. The maximum absolute atomic E-state index is 9.38. The van der Waals surface area contributed by atoms with E-state index in [1.807, 2.05) is 24.7 Å². The molecule has 3 nitrogen and oxygen atoms in total. The molecule has 1 N–H and O–H groups in total. The van der Waals surface area contributed by atoms with Crippen molar-refractivity contribution in [2.45, 2.75) is 19.9 Å². The van der Waals surface area contributed by atoms with Crippen LogP contribution in [0.1, 0.15) is 11.1 Å². The minimum Gasteiger partial charge on any atom is -0.508 e. The molecule has 0 aliphatic rings. The lowest BCUT2D eigenvalue weighted by Gasteiger charge is -2.09. The highest BCUT2D eigenvalue weighted by molar-refractivity contribution is 5.59. The zero-order valence-corrected chi connectivity index (χ0v) is 12.0. The molecule has 0 amide bonds. The largest absolute Gasteiger partial charge is 0.508 e. The van der Waals surface area contributed by atoms with Crippen molar-refractivity contribution in [1.82, 2.24) is 9.55 Å². The van der Waals surface area contributed by atoms with Crippen molar-refractivity contribution in [3.63, 3.8) is 0 Å². The number of imidazole rings is 1. The number of aromatic hydroxyl groups is 1. The van der Waals surface area contributed by atoms with Gasteiger partial charge in [-0.25, -0.2) is 4.98 Å². The SMILES string of the molecule is Cc1ccc(CCn2cncc2-c2ccc(O)cc2)cc1. The summed E-state index contributed by atoms with van der Waals surface area (Å²) in [5, 5.41) is 9.38. The maximum atomic E-state index is 9.38. The number of nitrogens with zero attached hydrogens (tertiary/aromatic N) is 2. The quantitative estimate of drug-likeness (QED) is 0.788. The van der Waals surface area contributed by atoms with Crippen molar-refractivity contribution in [3.05, 3.63) is 72.2 Å². The normalized spacial score (nSPS) is 10.7. The first-order chi connectivity index (χ1) is 10.2. The summed E-state index contributed by atoms with van der Waals surface area (Å²) in [5.41, 5.74) is 4.74. The van der Waals surface area contributed by atoms with Crippen LogP contribution in [0.2, 0.25) is 0 Å². The van der Waals surface area contributed by atoms with Crippen LogP contribution in [-0.4, -0.2) is 14.7 Å². The van der Waals surface area contributed by atoms with E-state index in [1.165, 1.54) is 11.1 Å². The van der Waals surface area contributed by atoms with Gasteiger partial charge in [-0.05, 0) is 43.2 Å². The second-order valence-corrected chi connectivity index (χ2v) is 5.25. The summed E-state index contributed by atoms with van der Waals surface area (Å²) in [7, 11) is 0. The molecule has 0 aliphatic heterocycles. The number of aryl methyl sites for hydroxylation is 3. The summed E-state index contributed by atoms with van der Waals surface area (Å²) in [6.07, 6.45) is 4.69. The van der Waals surface area contributed by atoms with Gasteiger partial charge in [0.2, 0.25) is 0 Å². The standard InChI is InChI=1S/C18H18N2O/c1-14-2-4-15(5-3-14)10-11-20-13-19-12-18(20)16-6-8-17(21)9-7-16/h2-9,12-13,21H,10-11H2,1H3. The first-order valence-corrected chi connectivity index (χ1v) is 7.07. The topological polar surface area (TPSA) is 38.0 Å². The number of hydrogen-bond acceptors (Lipinski definition) is 2. The van der Waals surface area contributed by atoms with Crippen molar-refractivity contribution < 1.29 is 5.11 Å². The summed E-state index contributed by atoms with van der Waals surface area (Å²) in [5.74, 6) is 0.282. The Balaban J connectivity index is 1.76. The molecule has 3 rings (SSSR count). The van der Waals surface area contributed by atoms with Crippen LogP contribution in [0.25, 0.3) is 11.3 Å². The lowest BCUT2D eigenvalue weighted by molar-refractivity contribution is 0.475. The van der Waals surface area contributed by atoms with Crippen LogP contribution in [0.3, 0.4) is 0 Å². The van der Waals surface area contributed by atoms with Crippen LogP contribution >= 0.6 is 0 Å². The third-order valence-electron chi connectivity index (χ3n) is 3.64. The molecular weight excluding hydrogens is 260 g/mol. The van der Waals surface area contributed by atoms with Gasteiger partial charge < -0.3 is 9.67 Å². The van der Waals surface area contributed by atoms with Gasteiger partial charge in [0.15, 0.2) is 0 Å². The van der Waals surface area contributed by atoms with E-state index in [1.54, 1.807) is 12.1 Å². The zero-order valence-electron chi connectivity index (χ0n) is 12.0. The summed E-state index contributed by atoms with van der Waals surface area (Å²) >= 11 is 0. The summed E-state index contributed by atoms with van der Waals surface area (Å²) in [4.78, 5) is 4.25. The Hall–Kier alpha value is -2.55. The number of benzene rings is 2. The highest BCUT2D eigenvalue weighted by Crippen LogP contribution is 2.22. The van der Waals surface area contributed by atoms with E-state index in [0.29, 0.717) is 0 Å². The maximum Gasteiger partial charge on any atom is 0.115 e. The Bertz CT molecular complexity index is 712. The van der Waals surface area contributed by atoms with Crippen LogP contribution in [0, 0.1) is 6.92 Å². The van der Waals surface area contributed by atoms with Gasteiger partial charge in [0.25, 0.3) is 0 Å². The van der Waals surface area contributed by atoms with Crippen LogP contribution < -0.4 is 0 Å². The van der Waals surface area contributed by atoms with E-state index >= 15 is 0 Å². The molecule has 0 bridgehead atoms. The molecule has 0 unspecified atom stereocenters. The first kappa shape index (κ1) is 13.4. The van der Waals surface area contributed by atoms with Crippen LogP contribution in [0.5, 0.6) is 5.75 Å². The van der Waals surface area contributed by atoms with Gasteiger partial charge in [-0.2, -0.15) is 0 Å². The van der Waals surface area contributed by atoms with E-state index < -0.39 is 0 Å². The van der Waals surface area contributed by atoms with E-state index in [0.717, 1.165) is 24.2 Å². The number of aromatic nitrogens is 2. The van der Waals surface area contributed by atoms with Crippen molar-refractivity contribution in [2.24, 2.45) is 0 Å². The molecule has 2 aromatic carbocycles. The monoisotopic (exact) mass is 278 g/mol. The second-order valence-electron chi connectivity index (χ2n) is 5.25. The molecule has 3 heteroatoms. The molecule has 0 saturated heterocycles. The van der Waals surface area contributed by atoms with Crippen LogP contribution in [0.15, 0.2) is 61.1 Å². The van der Waals surface area contributed by atoms with Gasteiger partial charge in [0.05, 0.1) is 18.2 Å². The molecule has 0 spiro atoms. The molecule has 106 valence electrons. The molecule has 0 saturated carbocycles. The highest BCUT2D eigenvalue weighted by Gasteiger charge is 2.05. The predicted octanol–water partition coefficient (Wildman–Crippen LogP) is 3.81. The van der Waals surface area contributed by atoms with Gasteiger partial charge in [-0.15, -0.1) is 0 Å². The van der Waals surface area contributed by atoms with E-state index in [9.17, 15) is 5.11 Å². The summed E-state index contributed by atoms with van der Waals surface area (Å²) < 4.78 is 2.15. The van der Waals surface area contributed by atoms with Gasteiger partial charge in [-0.1, -0.05) is 29.8 Å². The Kier molecular flexibility index (Phi) is 3.73. The molecule has 3 aromatic rings. The van der Waals surface area contributed by atoms with E-state index in [2.05, 4.69) is 40.7 Å². The van der Waals surface area contributed by atoms with Crippen molar-refractivity contribution in [1.29, 1.82) is 0 Å². The van der Waals surface area contributed by atoms with Crippen LogP contribution in [-0.2, 0) is 13.0 Å². The summed E-state index contributed by atoms with van der Waals surface area (Å²) in [6.45, 7) is 2.99. The lowest BCUT2D eigenvalue weighted by Crippen LogP contribution is -2.02. The Morgan fingerprint density at radius 1 is 1.00 bits per heavy atom. The summed E-state index contributed by atoms with van der Waals surface area (Å²) in [6, 6.07) is 15.9. The molecule has 0 atom stereocenters. The number of phenols is 1. The molecule has 21 heavy (non-hydrogen) atoms. The molecule has 0 aliphatic carbocycles. The first-order valence-electron chi connectivity index (χ1n) is 7.07. The van der Waals surface area contributed by atoms with E-state index in [4.69, 9.17) is 0 Å². The fraction of sp³-hybridized carbons (Fsp3) is 0.167. The fourth-order valence-corrected chi connectivity index (χ4v) is 2.38. The minimum atomic E-state index is 0.282. The number of hydrogen-bond donors (Lipinski definition) is 1. The number of phenolic OH excluding ortho intramolecular Hbond substituents is 1. The zero-order chi connectivity index (χ0) is 14.7. The Morgan fingerprint density at radius 3 is 2.43 bits per heavy atom. The Labute approximate surface area is 124 Å². The average molecular weight is 278 g/mol.